The third kappa shape index (κ3) is 3.99. The zero-order chi connectivity index (χ0) is 16.1. The summed E-state index contributed by atoms with van der Waals surface area (Å²) in [5, 5.41) is 10.8. The molecule has 2 rings (SSSR count). The highest BCUT2D eigenvalue weighted by Gasteiger charge is 2.28. The first-order chi connectivity index (χ1) is 10.5. The molecule has 1 amide bonds. The van der Waals surface area contributed by atoms with Crippen molar-refractivity contribution in [3.05, 3.63) is 29.8 Å². The van der Waals surface area contributed by atoms with E-state index in [-0.39, 0.29) is 5.91 Å². The summed E-state index contributed by atoms with van der Waals surface area (Å²) in [4.78, 5) is 12.3. The van der Waals surface area contributed by atoms with E-state index in [9.17, 15) is 4.79 Å². The average Bonchev–Trinajstić information content (AvgIpc) is 2.51. The fourth-order valence-corrected chi connectivity index (χ4v) is 2.73. The van der Waals surface area contributed by atoms with E-state index in [0.717, 1.165) is 12.8 Å². The molecule has 5 heteroatoms. The van der Waals surface area contributed by atoms with Gasteiger partial charge in [-0.05, 0) is 57.9 Å². The number of amides is 1. The van der Waals surface area contributed by atoms with Gasteiger partial charge in [0.1, 0.15) is 5.75 Å². The fraction of sp³-hybridized carbons (Fsp3) is 0.529. The summed E-state index contributed by atoms with van der Waals surface area (Å²) in [6.07, 6.45) is 2.80. The number of piperidine rings is 1. The average molecular weight is 301 g/mol. The van der Waals surface area contributed by atoms with Crippen LogP contribution in [0.25, 0.3) is 0 Å². The quantitative estimate of drug-likeness (QED) is 0.928. The Labute approximate surface area is 131 Å². The number of nitriles is 1. The lowest BCUT2D eigenvalue weighted by molar-refractivity contribution is -0.135. The molecule has 1 aromatic carbocycles. The van der Waals surface area contributed by atoms with Gasteiger partial charge in [-0.2, -0.15) is 5.26 Å². The van der Waals surface area contributed by atoms with Crippen LogP contribution in [-0.2, 0) is 4.79 Å². The molecular formula is C17H23N3O2. The summed E-state index contributed by atoms with van der Waals surface area (Å²) in [6, 6.07) is 9.49. The molecule has 1 fully saturated rings. The van der Waals surface area contributed by atoms with Crippen molar-refractivity contribution in [2.45, 2.75) is 58.2 Å². The Bertz CT molecular complexity index is 540. The van der Waals surface area contributed by atoms with Crippen LogP contribution >= 0.6 is 0 Å². The molecule has 1 aliphatic rings. The van der Waals surface area contributed by atoms with E-state index in [1.54, 1.807) is 31.2 Å². The van der Waals surface area contributed by atoms with Crippen LogP contribution in [0.4, 0.5) is 0 Å². The molecule has 0 spiro atoms. The van der Waals surface area contributed by atoms with Gasteiger partial charge in [0.15, 0.2) is 6.10 Å². The van der Waals surface area contributed by atoms with E-state index in [2.05, 4.69) is 25.3 Å². The van der Waals surface area contributed by atoms with Gasteiger partial charge in [-0.3, -0.25) is 10.2 Å². The molecule has 1 aliphatic heterocycles. The minimum Gasteiger partial charge on any atom is -0.481 e. The first-order valence-corrected chi connectivity index (χ1v) is 7.77. The summed E-state index contributed by atoms with van der Waals surface area (Å²) < 4.78 is 5.64. The summed E-state index contributed by atoms with van der Waals surface area (Å²) in [5.41, 5.74) is 3.55. The van der Waals surface area contributed by atoms with Crippen LogP contribution in [0.1, 0.15) is 45.6 Å². The van der Waals surface area contributed by atoms with Crippen LogP contribution in [-0.4, -0.2) is 29.1 Å². The van der Waals surface area contributed by atoms with E-state index in [4.69, 9.17) is 10.00 Å². The Balaban J connectivity index is 1.92. The second kappa shape index (κ2) is 7.28. The molecule has 0 aliphatic carbocycles. The van der Waals surface area contributed by atoms with Crippen molar-refractivity contribution in [2.75, 3.05) is 0 Å². The molecule has 22 heavy (non-hydrogen) atoms. The van der Waals surface area contributed by atoms with Gasteiger partial charge in [-0.1, -0.05) is 6.42 Å². The Morgan fingerprint density at radius 2 is 1.91 bits per heavy atom. The van der Waals surface area contributed by atoms with E-state index >= 15 is 0 Å². The molecule has 0 unspecified atom stereocenters. The van der Waals surface area contributed by atoms with Crippen LogP contribution in [0.3, 0.4) is 0 Å². The Kier molecular flexibility index (Phi) is 5.40. The smallest absolute Gasteiger partial charge is 0.275 e. The lowest BCUT2D eigenvalue weighted by Gasteiger charge is -2.39. The van der Waals surface area contributed by atoms with Gasteiger partial charge < -0.3 is 4.74 Å². The van der Waals surface area contributed by atoms with Crippen molar-refractivity contribution in [2.24, 2.45) is 0 Å². The number of hydrogen-bond donors (Lipinski definition) is 1. The topological polar surface area (TPSA) is 65.4 Å². The zero-order valence-corrected chi connectivity index (χ0v) is 13.4. The van der Waals surface area contributed by atoms with Gasteiger partial charge in [0, 0.05) is 12.1 Å². The summed E-state index contributed by atoms with van der Waals surface area (Å²) in [6.45, 7) is 5.98. The molecule has 118 valence electrons. The van der Waals surface area contributed by atoms with Gasteiger partial charge in [0.2, 0.25) is 0 Å². The SMILES string of the molecule is C[C@H](Oc1ccc(C#N)cc1)C(=O)NN1[C@@H](C)CCC[C@@H]1C. The monoisotopic (exact) mass is 301 g/mol. The lowest BCUT2D eigenvalue weighted by atomic mass is 10.00. The predicted octanol–water partition coefficient (Wildman–Crippen LogP) is 2.62. The van der Waals surface area contributed by atoms with E-state index in [1.807, 2.05) is 5.01 Å². The molecule has 0 bridgehead atoms. The predicted molar refractivity (Wildman–Crippen MR) is 84.0 cm³/mol. The highest BCUT2D eigenvalue weighted by molar-refractivity contribution is 5.80. The third-order valence-electron chi connectivity index (χ3n) is 4.10. The minimum absolute atomic E-state index is 0.148. The molecular weight excluding hydrogens is 278 g/mol. The summed E-state index contributed by atoms with van der Waals surface area (Å²) in [7, 11) is 0. The molecule has 1 heterocycles. The number of nitrogens with one attached hydrogen (secondary N) is 1. The van der Waals surface area contributed by atoms with Crippen LogP contribution in [0.15, 0.2) is 24.3 Å². The fourth-order valence-electron chi connectivity index (χ4n) is 2.73. The molecule has 5 nitrogen and oxygen atoms in total. The Morgan fingerprint density at radius 1 is 1.32 bits per heavy atom. The molecule has 1 N–H and O–H groups in total. The van der Waals surface area contributed by atoms with Crippen molar-refractivity contribution in [3.63, 3.8) is 0 Å². The van der Waals surface area contributed by atoms with E-state index < -0.39 is 6.10 Å². The minimum atomic E-state index is -0.589. The number of carbonyl (C=O) groups is 1. The van der Waals surface area contributed by atoms with Crippen molar-refractivity contribution >= 4 is 5.91 Å². The Morgan fingerprint density at radius 3 is 2.45 bits per heavy atom. The van der Waals surface area contributed by atoms with Gasteiger partial charge in [-0.25, -0.2) is 5.01 Å². The maximum atomic E-state index is 12.3. The van der Waals surface area contributed by atoms with Gasteiger partial charge >= 0.3 is 0 Å². The van der Waals surface area contributed by atoms with E-state index in [1.165, 1.54) is 6.42 Å². The Hall–Kier alpha value is -2.06. The summed E-state index contributed by atoms with van der Waals surface area (Å²) >= 11 is 0. The molecule has 0 aromatic heterocycles. The van der Waals surface area contributed by atoms with Crippen LogP contribution < -0.4 is 10.2 Å². The molecule has 3 atom stereocenters. The maximum absolute atomic E-state index is 12.3. The number of benzene rings is 1. The number of nitrogens with zero attached hydrogens (tertiary/aromatic N) is 2. The normalized spacial score (nSPS) is 23.4. The van der Waals surface area contributed by atoms with Crippen LogP contribution in [0, 0.1) is 11.3 Å². The third-order valence-corrected chi connectivity index (χ3v) is 4.10. The van der Waals surface area contributed by atoms with E-state index in [0.29, 0.717) is 23.4 Å². The van der Waals surface area contributed by atoms with Crippen molar-refractivity contribution < 1.29 is 9.53 Å². The first-order valence-electron chi connectivity index (χ1n) is 7.77. The second-order valence-corrected chi connectivity index (χ2v) is 5.91. The number of rotatable bonds is 4. The van der Waals surface area contributed by atoms with Gasteiger partial charge in [-0.15, -0.1) is 0 Å². The zero-order valence-electron chi connectivity index (χ0n) is 13.4. The van der Waals surface area contributed by atoms with Crippen LogP contribution in [0.5, 0.6) is 5.75 Å². The standard InChI is InChI=1S/C17H23N3O2/c1-12-5-4-6-13(2)20(12)19-17(21)14(3)22-16-9-7-15(11-18)8-10-16/h7-10,12-14H,4-6H2,1-3H3,(H,19,21)/t12-,13-,14-/m0/s1. The van der Waals surface area contributed by atoms with Gasteiger partial charge in [0.25, 0.3) is 5.91 Å². The highest BCUT2D eigenvalue weighted by atomic mass is 16.5. The number of carbonyl (C=O) groups excluding carboxylic acids is 1. The maximum Gasteiger partial charge on any atom is 0.275 e. The van der Waals surface area contributed by atoms with Crippen LogP contribution in [0.2, 0.25) is 0 Å². The molecule has 0 saturated carbocycles. The molecule has 0 radical (unpaired) electrons. The second-order valence-electron chi connectivity index (χ2n) is 5.91. The molecule has 1 saturated heterocycles. The number of hydrogen-bond acceptors (Lipinski definition) is 4. The van der Waals surface area contributed by atoms with Gasteiger partial charge in [0.05, 0.1) is 11.6 Å². The van der Waals surface area contributed by atoms with Crippen molar-refractivity contribution in [1.29, 1.82) is 5.26 Å². The first kappa shape index (κ1) is 16.3. The highest BCUT2D eigenvalue weighted by Crippen LogP contribution is 2.20. The number of ether oxygens (including phenoxy) is 1. The van der Waals surface area contributed by atoms with Crippen molar-refractivity contribution in [1.82, 2.24) is 10.4 Å². The lowest BCUT2D eigenvalue weighted by Crippen LogP contribution is -2.56. The molecule has 1 aromatic rings. The largest absolute Gasteiger partial charge is 0.481 e. The number of hydrazine groups is 1. The van der Waals surface area contributed by atoms with Crippen molar-refractivity contribution in [3.8, 4) is 11.8 Å². The summed E-state index contributed by atoms with van der Waals surface area (Å²) in [5.74, 6) is 0.436.